The molecule has 0 aliphatic carbocycles. The number of primary amides is 1. The lowest BCUT2D eigenvalue weighted by Gasteiger charge is -2.24. The third-order valence-corrected chi connectivity index (χ3v) is 6.38. The number of guanidine groups is 1. The van der Waals surface area contributed by atoms with Gasteiger partial charge in [0.2, 0.25) is 23.6 Å². The monoisotopic (exact) mass is 563 g/mol. The van der Waals surface area contributed by atoms with Crippen LogP contribution in [-0.2, 0) is 32.0 Å². The van der Waals surface area contributed by atoms with E-state index in [1.807, 2.05) is 54.6 Å². The van der Waals surface area contributed by atoms with Gasteiger partial charge in [0.05, 0.1) is 12.6 Å². The molecule has 0 aliphatic rings. The number of H-pyrrole nitrogens is 1. The molecule has 0 unspecified atom stereocenters. The Labute approximate surface area is 237 Å². The van der Waals surface area contributed by atoms with Crippen molar-refractivity contribution in [3.05, 3.63) is 71.9 Å². The number of carbonyl (C=O) groups excluding carboxylic acids is 4. The van der Waals surface area contributed by atoms with Crippen LogP contribution in [0.2, 0.25) is 0 Å². The molecule has 41 heavy (non-hydrogen) atoms. The zero-order chi connectivity index (χ0) is 29.8. The van der Waals surface area contributed by atoms with E-state index in [0.717, 1.165) is 22.0 Å². The van der Waals surface area contributed by atoms with E-state index in [4.69, 9.17) is 22.9 Å². The molecule has 0 aliphatic heterocycles. The lowest BCUT2D eigenvalue weighted by atomic mass is 10.0. The van der Waals surface area contributed by atoms with Crippen LogP contribution in [0.15, 0.2) is 65.8 Å². The molecule has 2 aromatic carbocycles. The van der Waals surface area contributed by atoms with Crippen LogP contribution >= 0.6 is 0 Å². The van der Waals surface area contributed by atoms with Gasteiger partial charge in [0.15, 0.2) is 5.96 Å². The number of nitrogens with zero attached hydrogens (tertiary/aromatic N) is 1. The Hall–Kier alpha value is -4.91. The molecule has 0 saturated heterocycles. The average Bonchev–Trinajstić information content (AvgIpc) is 3.35. The van der Waals surface area contributed by atoms with Crippen molar-refractivity contribution < 1.29 is 19.2 Å². The minimum Gasteiger partial charge on any atom is -0.370 e. The topological polar surface area (TPSA) is 237 Å². The average molecular weight is 564 g/mol. The normalized spacial score (nSPS) is 13.0. The van der Waals surface area contributed by atoms with Crippen LogP contribution in [-0.4, -0.2) is 65.8 Å². The number of para-hydroxylation sites is 1. The van der Waals surface area contributed by atoms with Crippen molar-refractivity contribution in [2.45, 2.75) is 43.8 Å². The van der Waals surface area contributed by atoms with Crippen LogP contribution in [0, 0.1) is 0 Å². The standard InChI is InChI=1S/C28H37N9O4/c29-20(13-17-7-2-1-3-8-17)25(39)36-22(11-6-12-33-28(31)32)27(41)37-23(26(40)35-16-24(30)38)14-18-15-34-21-10-5-4-9-19(18)21/h1-5,7-10,15,20,22-23,34H,6,11-14,16,29H2,(H2,30,38)(H,35,40)(H,36,39)(H,37,41)(H4,31,32,33)/t20-,22-,23-/m1/s1. The molecule has 0 spiro atoms. The fourth-order valence-electron chi connectivity index (χ4n) is 4.31. The summed E-state index contributed by atoms with van der Waals surface area (Å²) in [6, 6.07) is 13.8. The predicted molar refractivity (Wildman–Crippen MR) is 156 cm³/mol. The van der Waals surface area contributed by atoms with Gasteiger partial charge >= 0.3 is 0 Å². The van der Waals surface area contributed by atoms with Gasteiger partial charge in [-0.1, -0.05) is 48.5 Å². The minimum absolute atomic E-state index is 0.0927. The molecule has 1 aromatic heterocycles. The van der Waals surface area contributed by atoms with Crippen LogP contribution in [0.25, 0.3) is 10.9 Å². The number of rotatable bonds is 15. The molecule has 1 heterocycles. The highest BCUT2D eigenvalue weighted by Gasteiger charge is 2.29. The van der Waals surface area contributed by atoms with Gasteiger partial charge < -0.3 is 43.9 Å². The summed E-state index contributed by atoms with van der Waals surface area (Å²) in [6.45, 7) is -0.165. The van der Waals surface area contributed by atoms with Crippen LogP contribution in [0.5, 0.6) is 0 Å². The summed E-state index contributed by atoms with van der Waals surface area (Å²) in [6.07, 6.45) is 2.68. The Morgan fingerprint density at radius 2 is 1.51 bits per heavy atom. The van der Waals surface area contributed by atoms with E-state index in [1.54, 1.807) is 6.20 Å². The third kappa shape index (κ3) is 9.65. The minimum atomic E-state index is -1.07. The first kappa shape index (κ1) is 30.6. The lowest BCUT2D eigenvalue weighted by Crippen LogP contribution is -2.56. The quantitative estimate of drug-likeness (QED) is 0.0645. The predicted octanol–water partition coefficient (Wildman–Crippen LogP) is -1.09. The maximum absolute atomic E-state index is 13.5. The molecule has 3 rings (SSSR count). The zero-order valence-electron chi connectivity index (χ0n) is 22.6. The molecule has 12 N–H and O–H groups in total. The number of aromatic nitrogens is 1. The van der Waals surface area contributed by atoms with Crippen LogP contribution in [0.4, 0.5) is 0 Å². The number of aromatic amines is 1. The molecule has 13 nitrogen and oxygen atoms in total. The molecule has 0 saturated carbocycles. The second kappa shape index (κ2) is 15.0. The summed E-state index contributed by atoms with van der Waals surface area (Å²) in [5.74, 6) is -2.55. The highest BCUT2D eigenvalue weighted by Crippen LogP contribution is 2.19. The number of nitrogens with one attached hydrogen (secondary N) is 4. The molecule has 13 heteroatoms. The summed E-state index contributed by atoms with van der Waals surface area (Å²) >= 11 is 0. The summed E-state index contributed by atoms with van der Waals surface area (Å²) in [5.41, 5.74) is 24.6. The Kier molecular flexibility index (Phi) is 11.2. The fraction of sp³-hybridized carbons (Fsp3) is 0.321. The maximum atomic E-state index is 13.5. The van der Waals surface area contributed by atoms with E-state index in [-0.39, 0.29) is 31.8 Å². The van der Waals surface area contributed by atoms with Gasteiger partial charge in [0, 0.05) is 30.1 Å². The van der Waals surface area contributed by atoms with Gasteiger partial charge in [-0.15, -0.1) is 0 Å². The van der Waals surface area contributed by atoms with E-state index in [9.17, 15) is 19.2 Å². The lowest BCUT2D eigenvalue weighted by molar-refractivity contribution is -0.133. The fourth-order valence-corrected chi connectivity index (χ4v) is 4.31. The largest absolute Gasteiger partial charge is 0.370 e. The van der Waals surface area contributed by atoms with E-state index in [0.29, 0.717) is 6.42 Å². The molecule has 0 fully saturated rings. The molecule has 4 amide bonds. The number of nitrogens with two attached hydrogens (primary N) is 4. The van der Waals surface area contributed by atoms with Gasteiger partial charge in [0.1, 0.15) is 12.1 Å². The first-order chi connectivity index (χ1) is 19.6. The van der Waals surface area contributed by atoms with Crippen molar-refractivity contribution >= 4 is 40.5 Å². The molecular formula is C28H37N9O4. The number of carbonyl (C=O) groups is 4. The number of hydrogen-bond acceptors (Lipinski definition) is 6. The highest BCUT2D eigenvalue weighted by molar-refractivity contribution is 5.94. The van der Waals surface area contributed by atoms with Gasteiger partial charge in [0.25, 0.3) is 0 Å². The first-order valence-corrected chi connectivity index (χ1v) is 13.2. The van der Waals surface area contributed by atoms with Crippen molar-refractivity contribution in [3.8, 4) is 0 Å². The number of fused-ring (bicyclic) bond motifs is 1. The summed E-state index contributed by atoms with van der Waals surface area (Å²) in [4.78, 5) is 57.9. The third-order valence-electron chi connectivity index (χ3n) is 6.38. The molecule has 3 atom stereocenters. The number of amides is 4. The highest BCUT2D eigenvalue weighted by atomic mass is 16.2. The molecule has 0 bridgehead atoms. The van der Waals surface area contributed by atoms with E-state index < -0.39 is 48.3 Å². The summed E-state index contributed by atoms with van der Waals surface area (Å²) < 4.78 is 0. The molecular weight excluding hydrogens is 526 g/mol. The van der Waals surface area contributed by atoms with Crippen LogP contribution in [0.3, 0.4) is 0 Å². The summed E-state index contributed by atoms with van der Waals surface area (Å²) in [5, 5.41) is 8.76. The van der Waals surface area contributed by atoms with Crippen molar-refractivity contribution in [1.29, 1.82) is 0 Å². The van der Waals surface area contributed by atoms with Crippen molar-refractivity contribution in [2.75, 3.05) is 13.1 Å². The van der Waals surface area contributed by atoms with Gasteiger partial charge in [-0.3, -0.25) is 24.2 Å². The second-order valence-corrected chi connectivity index (χ2v) is 9.62. The Morgan fingerprint density at radius 3 is 2.22 bits per heavy atom. The van der Waals surface area contributed by atoms with Crippen molar-refractivity contribution in [3.63, 3.8) is 0 Å². The number of aliphatic imine (C=N–C) groups is 1. The van der Waals surface area contributed by atoms with Gasteiger partial charge in [-0.25, -0.2) is 0 Å². The smallest absolute Gasteiger partial charge is 0.243 e. The van der Waals surface area contributed by atoms with Gasteiger partial charge in [-0.2, -0.15) is 0 Å². The first-order valence-electron chi connectivity index (χ1n) is 13.2. The number of benzene rings is 2. The molecule has 218 valence electrons. The summed E-state index contributed by atoms with van der Waals surface area (Å²) in [7, 11) is 0. The van der Waals surface area contributed by atoms with Crippen LogP contribution < -0.4 is 38.9 Å². The van der Waals surface area contributed by atoms with Crippen LogP contribution in [0.1, 0.15) is 24.0 Å². The zero-order valence-corrected chi connectivity index (χ0v) is 22.6. The molecule has 3 aromatic rings. The van der Waals surface area contributed by atoms with Crippen molar-refractivity contribution in [1.82, 2.24) is 20.9 Å². The SMILES string of the molecule is NC(=O)CNC(=O)[C@@H](Cc1c[nH]c2ccccc12)NC(=O)[C@@H](CCCN=C(N)N)NC(=O)[C@H](N)Cc1ccccc1. The maximum Gasteiger partial charge on any atom is 0.243 e. The van der Waals surface area contributed by atoms with Gasteiger partial charge in [-0.05, 0) is 36.5 Å². The number of hydrogen-bond donors (Lipinski definition) is 8. The van der Waals surface area contributed by atoms with E-state index in [2.05, 4.69) is 25.9 Å². The Balaban J connectivity index is 1.77. The second-order valence-electron chi connectivity index (χ2n) is 9.62. The van der Waals surface area contributed by atoms with Crippen molar-refractivity contribution in [2.24, 2.45) is 27.9 Å². The Morgan fingerprint density at radius 1 is 0.829 bits per heavy atom. The Bertz CT molecular complexity index is 1370. The van der Waals surface area contributed by atoms with E-state index in [1.165, 1.54) is 0 Å². The molecule has 0 radical (unpaired) electrons. The van der Waals surface area contributed by atoms with E-state index >= 15 is 0 Å².